The molecule has 2 heterocycles. The summed E-state index contributed by atoms with van der Waals surface area (Å²) in [6, 6.07) is 9.92. The van der Waals surface area contributed by atoms with Crippen molar-refractivity contribution in [2.75, 3.05) is 5.73 Å². The molecule has 0 aliphatic carbocycles. The molecular weight excluding hydrogens is 244 g/mol. The smallest absolute Gasteiger partial charge is 0.171 e. The Morgan fingerprint density at radius 1 is 1.22 bits per heavy atom. The number of aromatic amines is 1. The minimum Gasteiger partial charge on any atom is -0.384 e. The zero-order chi connectivity index (χ0) is 12.5. The Morgan fingerprint density at radius 2 is 2.11 bits per heavy atom. The number of nitrogen functional groups attached to an aromatic ring is 1. The predicted octanol–water partition coefficient (Wildman–Crippen LogP) is 3.00. The molecule has 0 aliphatic heterocycles. The van der Waals surface area contributed by atoms with Crippen LogP contribution in [0, 0.1) is 6.92 Å². The zero-order valence-electron chi connectivity index (χ0n) is 9.84. The highest BCUT2D eigenvalue weighted by Crippen LogP contribution is 2.27. The maximum atomic E-state index is 5.65. The lowest BCUT2D eigenvalue weighted by Crippen LogP contribution is -1.88. The first-order valence-electron chi connectivity index (χ1n) is 5.56. The summed E-state index contributed by atoms with van der Waals surface area (Å²) >= 11 is 1.55. The topological polar surface area (TPSA) is 67.6 Å². The van der Waals surface area contributed by atoms with E-state index in [2.05, 4.69) is 34.0 Å². The summed E-state index contributed by atoms with van der Waals surface area (Å²) < 4.78 is 0. The summed E-state index contributed by atoms with van der Waals surface area (Å²) in [5.74, 6) is 0.520. The zero-order valence-corrected chi connectivity index (χ0v) is 10.7. The lowest BCUT2D eigenvalue weighted by atomic mass is 10.2. The number of anilines is 1. The van der Waals surface area contributed by atoms with Crippen molar-refractivity contribution >= 4 is 28.6 Å². The second-order valence-corrected chi connectivity index (χ2v) is 5.14. The molecule has 0 atom stereocenters. The van der Waals surface area contributed by atoms with Gasteiger partial charge in [0.25, 0.3) is 0 Å². The molecule has 0 spiro atoms. The van der Waals surface area contributed by atoms with Gasteiger partial charge >= 0.3 is 0 Å². The highest BCUT2D eigenvalue weighted by atomic mass is 32.2. The van der Waals surface area contributed by atoms with Gasteiger partial charge in [0.1, 0.15) is 5.82 Å². The summed E-state index contributed by atoms with van der Waals surface area (Å²) in [5, 5.41) is 0.862. The molecule has 0 radical (unpaired) electrons. The highest BCUT2D eigenvalue weighted by Gasteiger charge is 2.05. The van der Waals surface area contributed by atoms with Crippen molar-refractivity contribution in [3.8, 4) is 0 Å². The van der Waals surface area contributed by atoms with Crippen LogP contribution >= 0.6 is 11.8 Å². The average Bonchev–Trinajstić information content (AvgIpc) is 2.70. The number of H-pyrrole nitrogens is 1. The van der Waals surface area contributed by atoms with Gasteiger partial charge in [-0.05, 0) is 36.8 Å². The third-order valence-corrected chi connectivity index (χ3v) is 3.46. The lowest BCUT2D eigenvalue weighted by molar-refractivity contribution is 1.08. The fourth-order valence-corrected chi connectivity index (χ4v) is 2.59. The van der Waals surface area contributed by atoms with Gasteiger partial charge in [-0.1, -0.05) is 17.8 Å². The summed E-state index contributed by atoms with van der Waals surface area (Å²) in [7, 11) is 0. The van der Waals surface area contributed by atoms with Gasteiger partial charge in [-0.2, -0.15) is 0 Å². The van der Waals surface area contributed by atoms with Gasteiger partial charge in [-0.3, -0.25) is 0 Å². The third kappa shape index (κ3) is 2.17. The molecule has 1 aromatic carbocycles. The quantitative estimate of drug-likeness (QED) is 0.739. The number of benzene rings is 1. The first-order chi connectivity index (χ1) is 8.70. The number of hydrogen-bond donors (Lipinski definition) is 2. The number of fused-ring (bicyclic) bond motifs is 1. The molecule has 0 bridgehead atoms. The molecule has 4 nitrogen and oxygen atoms in total. The molecule has 0 saturated heterocycles. The van der Waals surface area contributed by atoms with Gasteiger partial charge in [-0.15, -0.1) is 0 Å². The second kappa shape index (κ2) is 4.34. The molecule has 90 valence electrons. The maximum absolute atomic E-state index is 5.65. The summed E-state index contributed by atoms with van der Waals surface area (Å²) in [6.45, 7) is 2.07. The van der Waals surface area contributed by atoms with E-state index in [4.69, 9.17) is 5.73 Å². The van der Waals surface area contributed by atoms with Crippen LogP contribution in [0.25, 0.3) is 11.0 Å². The first-order valence-corrected chi connectivity index (χ1v) is 6.38. The first kappa shape index (κ1) is 11.1. The fraction of sp³-hybridized carbons (Fsp3) is 0.0769. The van der Waals surface area contributed by atoms with E-state index in [0.717, 1.165) is 21.1 Å². The van der Waals surface area contributed by atoms with Crippen molar-refractivity contribution in [3.05, 3.63) is 42.1 Å². The van der Waals surface area contributed by atoms with Crippen molar-refractivity contribution in [2.45, 2.75) is 17.0 Å². The van der Waals surface area contributed by atoms with Crippen LogP contribution in [0.1, 0.15) is 5.56 Å². The number of rotatable bonds is 2. The highest BCUT2D eigenvalue weighted by molar-refractivity contribution is 7.99. The number of pyridine rings is 1. The normalized spacial score (nSPS) is 10.9. The summed E-state index contributed by atoms with van der Waals surface area (Å²) in [6.07, 6.45) is 1.70. The standard InChI is InChI=1S/C13H12N4S/c1-8-2-3-10-11(6-8)17-13(16-10)18-9-4-5-15-12(14)7-9/h2-7H,1H3,(H2,14,15)(H,16,17). The number of aromatic nitrogens is 3. The molecule has 2 aromatic heterocycles. The number of aryl methyl sites for hydroxylation is 1. The van der Waals surface area contributed by atoms with E-state index in [1.165, 1.54) is 5.56 Å². The lowest BCUT2D eigenvalue weighted by Gasteiger charge is -1.97. The monoisotopic (exact) mass is 256 g/mol. The van der Waals surface area contributed by atoms with Crippen LogP contribution in [0.4, 0.5) is 5.82 Å². The Morgan fingerprint density at radius 3 is 2.94 bits per heavy atom. The van der Waals surface area contributed by atoms with Crippen molar-refractivity contribution in [1.82, 2.24) is 15.0 Å². The van der Waals surface area contributed by atoms with Gasteiger partial charge in [0, 0.05) is 11.1 Å². The van der Waals surface area contributed by atoms with E-state index in [1.54, 1.807) is 18.0 Å². The molecule has 18 heavy (non-hydrogen) atoms. The Bertz CT molecular complexity index is 705. The van der Waals surface area contributed by atoms with Crippen LogP contribution in [0.2, 0.25) is 0 Å². The summed E-state index contributed by atoms with van der Waals surface area (Å²) in [4.78, 5) is 12.8. The Kier molecular flexibility index (Phi) is 2.68. The van der Waals surface area contributed by atoms with Crippen LogP contribution in [0.15, 0.2) is 46.6 Å². The van der Waals surface area contributed by atoms with E-state index in [-0.39, 0.29) is 0 Å². The van der Waals surface area contributed by atoms with Gasteiger partial charge in [0.05, 0.1) is 11.0 Å². The van der Waals surface area contributed by atoms with Gasteiger partial charge in [0.15, 0.2) is 5.16 Å². The van der Waals surface area contributed by atoms with Crippen LogP contribution in [0.3, 0.4) is 0 Å². The number of nitrogens with zero attached hydrogens (tertiary/aromatic N) is 2. The van der Waals surface area contributed by atoms with E-state index >= 15 is 0 Å². The molecule has 0 unspecified atom stereocenters. The van der Waals surface area contributed by atoms with Crippen molar-refractivity contribution in [3.63, 3.8) is 0 Å². The molecular formula is C13H12N4S. The van der Waals surface area contributed by atoms with Crippen LogP contribution in [-0.2, 0) is 0 Å². The van der Waals surface area contributed by atoms with Crippen molar-refractivity contribution in [2.24, 2.45) is 0 Å². The van der Waals surface area contributed by atoms with Gasteiger partial charge in [-0.25, -0.2) is 9.97 Å². The Hall–Kier alpha value is -2.01. The average molecular weight is 256 g/mol. The second-order valence-electron chi connectivity index (χ2n) is 4.08. The van der Waals surface area contributed by atoms with E-state index < -0.39 is 0 Å². The molecule has 3 N–H and O–H groups in total. The largest absolute Gasteiger partial charge is 0.384 e. The predicted molar refractivity (Wildman–Crippen MR) is 73.6 cm³/mol. The number of imidazole rings is 1. The molecule has 5 heteroatoms. The van der Waals surface area contributed by atoms with Crippen LogP contribution in [-0.4, -0.2) is 15.0 Å². The van der Waals surface area contributed by atoms with Crippen molar-refractivity contribution < 1.29 is 0 Å². The van der Waals surface area contributed by atoms with E-state index in [0.29, 0.717) is 5.82 Å². The van der Waals surface area contributed by atoms with Gasteiger partial charge < -0.3 is 10.7 Å². The molecule has 0 amide bonds. The fourth-order valence-electron chi connectivity index (χ4n) is 1.75. The molecule has 3 rings (SSSR count). The van der Waals surface area contributed by atoms with E-state index in [9.17, 15) is 0 Å². The minimum absolute atomic E-state index is 0.520. The Labute approximate surface area is 109 Å². The molecule has 0 fully saturated rings. The summed E-state index contributed by atoms with van der Waals surface area (Å²) in [5.41, 5.74) is 8.90. The minimum atomic E-state index is 0.520. The number of hydrogen-bond acceptors (Lipinski definition) is 4. The third-order valence-electron chi connectivity index (χ3n) is 2.58. The molecule has 0 saturated carbocycles. The van der Waals surface area contributed by atoms with Crippen LogP contribution in [0.5, 0.6) is 0 Å². The van der Waals surface area contributed by atoms with Crippen LogP contribution < -0.4 is 5.73 Å². The Balaban J connectivity index is 1.95. The van der Waals surface area contributed by atoms with Gasteiger partial charge in [0.2, 0.25) is 0 Å². The van der Waals surface area contributed by atoms with E-state index in [1.807, 2.05) is 18.2 Å². The number of nitrogens with two attached hydrogens (primary N) is 1. The maximum Gasteiger partial charge on any atom is 0.171 e. The van der Waals surface area contributed by atoms with Crippen molar-refractivity contribution in [1.29, 1.82) is 0 Å². The SMILES string of the molecule is Cc1ccc2nc(Sc3ccnc(N)c3)[nH]c2c1. The molecule has 3 aromatic rings. The molecule has 0 aliphatic rings. The number of nitrogens with one attached hydrogen (secondary N) is 1.